The fraction of sp³-hybridized carbons (Fsp3) is 0.706. The lowest BCUT2D eigenvalue weighted by molar-refractivity contribution is 0.374. The van der Waals surface area contributed by atoms with Gasteiger partial charge in [-0.15, -0.1) is 0 Å². The Kier molecular flexibility index (Phi) is 4.69. The monoisotopic (exact) mass is 275 g/mol. The van der Waals surface area contributed by atoms with Crippen molar-refractivity contribution < 1.29 is 0 Å². The highest BCUT2D eigenvalue weighted by Gasteiger charge is 2.25. The maximum absolute atomic E-state index is 4.66. The highest BCUT2D eigenvalue weighted by molar-refractivity contribution is 5.48. The molecule has 3 nitrogen and oxygen atoms in total. The zero-order valence-electron chi connectivity index (χ0n) is 13.6. The summed E-state index contributed by atoms with van der Waals surface area (Å²) >= 11 is 0. The van der Waals surface area contributed by atoms with Crippen LogP contribution in [0.25, 0.3) is 0 Å². The summed E-state index contributed by atoms with van der Waals surface area (Å²) in [6.45, 7) is 13.3. The van der Waals surface area contributed by atoms with Crippen LogP contribution in [0.4, 0.5) is 5.82 Å². The van der Waals surface area contributed by atoms with Crippen LogP contribution >= 0.6 is 0 Å². The average molecular weight is 275 g/mol. The number of hydrogen-bond donors (Lipinski definition) is 1. The van der Waals surface area contributed by atoms with E-state index in [0.29, 0.717) is 6.04 Å². The third-order valence-electron chi connectivity index (χ3n) is 4.09. The van der Waals surface area contributed by atoms with Crippen LogP contribution in [0.3, 0.4) is 0 Å². The Bertz CT molecular complexity index is 436. The van der Waals surface area contributed by atoms with Crippen LogP contribution in [0.5, 0.6) is 0 Å². The molecule has 0 saturated carbocycles. The maximum Gasteiger partial charge on any atom is 0.133 e. The SMILES string of the molecule is CC1CCN(c2ncccc2CNC(C)(C)C)C(C)C1. The Hall–Kier alpha value is -1.09. The first-order chi connectivity index (χ1) is 9.37. The molecule has 3 heteroatoms. The van der Waals surface area contributed by atoms with Gasteiger partial charge < -0.3 is 10.2 Å². The number of piperidine rings is 1. The number of anilines is 1. The van der Waals surface area contributed by atoms with Crippen molar-refractivity contribution in [1.82, 2.24) is 10.3 Å². The number of nitrogens with zero attached hydrogens (tertiary/aromatic N) is 2. The molecular weight excluding hydrogens is 246 g/mol. The predicted octanol–water partition coefficient (Wildman–Crippen LogP) is 3.59. The van der Waals surface area contributed by atoms with Crippen LogP contribution in [0.2, 0.25) is 0 Å². The second-order valence-electron chi connectivity index (χ2n) is 7.26. The van der Waals surface area contributed by atoms with E-state index in [2.05, 4.69) is 55.9 Å². The molecule has 1 fully saturated rings. The van der Waals surface area contributed by atoms with Crippen LogP contribution in [0.1, 0.15) is 53.0 Å². The van der Waals surface area contributed by atoms with Gasteiger partial charge in [0.1, 0.15) is 5.82 Å². The molecule has 2 unspecified atom stereocenters. The van der Waals surface area contributed by atoms with Crippen molar-refractivity contribution in [2.75, 3.05) is 11.4 Å². The summed E-state index contributed by atoms with van der Waals surface area (Å²) in [6.07, 6.45) is 4.45. The van der Waals surface area contributed by atoms with E-state index in [1.165, 1.54) is 24.2 Å². The first-order valence-electron chi connectivity index (χ1n) is 7.82. The molecule has 0 aliphatic carbocycles. The molecular formula is C17H29N3. The van der Waals surface area contributed by atoms with Crippen LogP contribution in [0, 0.1) is 5.92 Å². The first kappa shape index (κ1) is 15.3. The minimum Gasteiger partial charge on any atom is -0.354 e. The average Bonchev–Trinajstić information content (AvgIpc) is 2.36. The zero-order chi connectivity index (χ0) is 14.8. The molecule has 112 valence electrons. The molecule has 0 amide bonds. The Morgan fingerprint density at radius 3 is 2.75 bits per heavy atom. The Balaban J connectivity index is 2.15. The van der Waals surface area contributed by atoms with Crippen molar-refractivity contribution in [3.63, 3.8) is 0 Å². The lowest BCUT2D eigenvalue weighted by Crippen LogP contribution is -2.42. The number of rotatable bonds is 3. The number of nitrogens with one attached hydrogen (secondary N) is 1. The minimum absolute atomic E-state index is 0.134. The highest BCUT2D eigenvalue weighted by atomic mass is 15.2. The standard InChI is InChI=1S/C17H29N3/c1-13-8-10-20(14(2)11-13)16-15(7-6-9-18-16)12-19-17(3,4)5/h6-7,9,13-14,19H,8,10-12H2,1-5H3. The topological polar surface area (TPSA) is 28.2 Å². The van der Waals surface area contributed by atoms with E-state index in [-0.39, 0.29) is 5.54 Å². The van der Waals surface area contributed by atoms with Crippen molar-refractivity contribution >= 4 is 5.82 Å². The molecule has 20 heavy (non-hydrogen) atoms. The Labute approximate surface area is 123 Å². The summed E-state index contributed by atoms with van der Waals surface area (Å²) in [6, 6.07) is 4.83. The second kappa shape index (κ2) is 6.13. The molecule has 1 aliphatic rings. The molecule has 2 rings (SSSR count). The van der Waals surface area contributed by atoms with E-state index >= 15 is 0 Å². The first-order valence-corrected chi connectivity index (χ1v) is 7.82. The van der Waals surface area contributed by atoms with Gasteiger partial charge in [-0.3, -0.25) is 0 Å². The van der Waals surface area contributed by atoms with Gasteiger partial charge in [-0.05, 0) is 52.5 Å². The van der Waals surface area contributed by atoms with E-state index in [4.69, 9.17) is 0 Å². The summed E-state index contributed by atoms with van der Waals surface area (Å²) in [5.41, 5.74) is 1.44. The number of pyridine rings is 1. The minimum atomic E-state index is 0.134. The van der Waals surface area contributed by atoms with Crippen molar-refractivity contribution in [1.29, 1.82) is 0 Å². The van der Waals surface area contributed by atoms with E-state index in [1.807, 2.05) is 12.3 Å². The zero-order valence-corrected chi connectivity index (χ0v) is 13.6. The van der Waals surface area contributed by atoms with Gasteiger partial charge in [-0.2, -0.15) is 0 Å². The predicted molar refractivity (Wildman–Crippen MR) is 86.0 cm³/mol. The number of aromatic nitrogens is 1. The third-order valence-corrected chi connectivity index (χ3v) is 4.09. The molecule has 0 spiro atoms. The van der Waals surface area contributed by atoms with Gasteiger partial charge in [0.15, 0.2) is 0 Å². The molecule has 2 atom stereocenters. The van der Waals surface area contributed by atoms with Gasteiger partial charge in [0.2, 0.25) is 0 Å². The van der Waals surface area contributed by atoms with Crippen LogP contribution in [-0.4, -0.2) is 23.1 Å². The van der Waals surface area contributed by atoms with Crippen LogP contribution in [-0.2, 0) is 6.54 Å². The Morgan fingerprint density at radius 2 is 2.10 bits per heavy atom. The lowest BCUT2D eigenvalue weighted by atomic mass is 9.93. The molecule has 2 heterocycles. The molecule has 1 aromatic rings. The summed E-state index contributed by atoms with van der Waals surface area (Å²) in [5, 5.41) is 3.57. The molecule has 0 aromatic carbocycles. The van der Waals surface area contributed by atoms with Gasteiger partial charge in [0.25, 0.3) is 0 Å². The van der Waals surface area contributed by atoms with E-state index in [0.717, 1.165) is 19.0 Å². The summed E-state index contributed by atoms with van der Waals surface area (Å²) in [5.74, 6) is 2.00. The van der Waals surface area contributed by atoms with Gasteiger partial charge in [0.05, 0.1) is 0 Å². The molecule has 0 bridgehead atoms. The largest absolute Gasteiger partial charge is 0.354 e. The molecule has 1 aliphatic heterocycles. The molecule has 1 aromatic heterocycles. The van der Waals surface area contributed by atoms with Crippen molar-refractivity contribution in [2.45, 2.75) is 65.6 Å². The fourth-order valence-electron chi connectivity index (χ4n) is 2.91. The second-order valence-corrected chi connectivity index (χ2v) is 7.26. The van der Waals surface area contributed by atoms with E-state index in [1.54, 1.807) is 0 Å². The van der Waals surface area contributed by atoms with Crippen LogP contribution < -0.4 is 10.2 Å². The van der Waals surface area contributed by atoms with Gasteiger partial charge in [-0.1, -0.05) is 13.0 Å². The van der Waals surface area contributed by atoms with Crippen molar-refractivity contribution in [3.05, 3.63) is 23.9 Å². The summed E-state index contributed by atoms with van der Waals surface area (Å²) in [4.78, 5) is 7.15. The third kappa shape index (κ3) is 3.95. The quantitative estimate of drug-likeness (QED) is 0.913. The van der Waals surface area contributed by atoms with Crippen molar-refractivity contribution in [2.24, 2.45) is 5.92 Å². The normalized spacial score (nSPS) is 23.9. The number of hydrogen-bond acceptors (Lipinski definition) is 3. The van der Waals surface area contributed by atoms with Crippen molar-refractivity contribution in [3.8, 4) is 0 Å². The molecule has 1 saturated heterocycles. The Morgan fingerprint density at radius 1 is 1.35 bits per heavy atom. The van der Waals surface area contributed by atoms with E-state index < -0.39 is 0 Å². The van der Waals surface area contributed by atoms with Crippen LogP contribution in [0.15, 0.2) is 18.3 Å². The van der Waals surface area contributed by atoms with Gasteiger partial charge in [-0.25, -0.2) is 4.98 Å². The van der Waals surface area contributed by atoms with Gasteiger partial charge >= 0.3 is 0 Å². The molecule has 0 radical (unpaired) electrons. The smallest absolute Gasteiger partial charge is 0.133 e. The maximum atomic E-state index is 4.66. The summed E-state index contributed by atoms with van der Waals surface area (Å²) in [7, 11) is 0. The fourth-order valence-corrected chi connectivity index (χ4v) is 2.91. The molecule has 1 N–H and O–H groups in total. The van der Waals surface area contributed by atoms with Gasteiger partial charge in [0, 0.05) is 36.4 Å². The highest BCUT2D eigenvalue weighted by Crippen LogP contribution is 2.28. The lowest BCUT2D eigenvalue weighted by Gasteiger charge is -2.38. The summed E-state index contributed by atoms with van der Waals surface area (Å²) < 4.78 is 0. The van der Waals surface area contributed by atoms with E-state index in [9.17, 15) is 0 Å².